The minimum Gasteiger partial charge on any atom is -0.478 e. The largest absolute Gasteiger partial charge is 0.478 e. The highest BCUT2D eigenvalue weighted by molar-refractivity contribution is 5.96. The number of likely N-dealkylation sites (tertiary alicyclic amines) is 1. The zero-order chi connectivity index (χ0) is 27.9. The molecule has 3 aromatic rings. The predicted octanol–water partition coefficient (Wildman–Crippen LogP) is 6.56. The lowest BCUT2D eigenvalue weighted by atomic mass is 9.90. The van der Waals surface area contributed by atoms with Crippen molar-refractivity contribution in [3.63, 3.8) is 0 Å². The number of ketones is 1. The van der Waals surface area contributed by atoms with Crippen LogP contribution in [0.2, 0.25) is 0 Å². The van der Waals surface area contributed by atoms with Gasteiger partial charge in [0, 0.05) is 38.2 Å². The number of fused-ring (bicyclic) bond motifs is 1. The Balaban J connectivity index is 1.05. The summed E-state index contributed by atoms with van der Waals surface area (Å²) < 4.78 is 0. The van der Waals surface area contributed by atoms with Gasteiger partial charge in [0.25, 0.3) is 0 Å². The molecule has 0 aromatic heterocycles. The molecule has 1 N–H and O–H groups in total. The molecule has 5 rings (SSSR count). The summed E-state index contributed by atoms with van der Waals surface area (Å²) >= 11 is 0. The van der Waals surface area contributed by atoms with Crippen LogP contribution in [-0.4, -0.2) is 52.8 Å². The van der Waals surface area contributed by atoms with Crippen LogP contribution >= 0.6 is 0 Å². The highest BCUT2D eigenvalue weighted by Crippen LogP contribution is 2.26. The molecule has 0 amide bonds. The van der Waals surface area contributed by atoms with Gasteiger partial charge in [-0.25, -0.2) is 4.79 Å². The number of rotatable bonds is 10. The lowest BCUT2D eigenvalue weighted by molar-refractivity contribution is 0.0695. The Bertz CT molecular complexity index is 1310. The van der Waals surface area contributed by atoms with Gasteiger partial charge in [-0.05, 0) is 104 Å². The second-order valence-electron chi connectivity index (χ2n) is 11.7. The summed E-state index contributed by atoms with van der Waals surface area (Å²) in [7, 11) is 0. The number of carboxylic acids is 1. The summed E-state index contributed by atoms with van der Waals surface area (Å²) in [6.45, 7) is 7.85. The number of carbonyl (C=O) groups excluding carboxylic acids is 1. The van der Waals surface area contributed by atoms with Crippen molar-refractivity contribution in [3.05, 3.63) is 106 Å². The molecular weight excluding hydrogens is 496 g/mol. The summed E-state index contributed by atoms with van der Waals surface area (Å²) in [4.78, 5) is 29.5. The monoisotopic (exact) mass is 538 g/mol. The van der Waals surface area contributed by atoms with Gasteiger partial charge in [0.05, 0.1) is 5.56 Å². The molecular formula is C35H42N2O3. The topological polar surface area (TPSA) is 60.9 Å². The van der Waals surface area contributed by atoms with E-state index < -0.39 is 5.97 Å². The number of hydrogen-bond donors (Lipinski definition) is 1. The minimum absolute atomic E-state index is 0.277. The molecule has 3 aromatic carbocycles. The molecule has 1 fully saturated rings. The van der Waals surface area contributed by atoms with Gasteiger partial charge in [0.2, 0.25) is 0 Å². The molecule has 2 heterocycles. The van der Waals surface area contributed by atoms with E-state index in [4.69, 9.17) is 0 Å². The van der Waals surface area contributed by atoms with Crippen LogP contribution in [0, 0.1) is 12.8 Å². The van der Waals surface area contributed by atoms with Crippen molar-refractivity contribution in [2.45, 2.75) is 65.0 Å². The first-order valence-corrected chi connectivity index (χ1v) is 14.9. The maximum atomic E-state index is 13.1. The van der Waals surface area contributed by atoms with Crippen molar-refractivity contribution in [2.24, 2.45) is 5.92 Å². The van der Waals surface area contributed by atoms with Gasteiger partial charge in [-0.15, -0.1) is 0 Å². The first-order valence-electron chi connectivity index (χ1n) is 14.9. The Hall–Kier alpha value is -3.28. The third-order valence-electron chi connectivity index (χ3n) is 8.97. The zero-order valence-electron chi connectivity index (χ0n) is 23.8. The smallest absolute Gasteiger partial charge is 0.335 e. The Labute approximate surface area is 238 Å². The summed E-state index contributed by atoms with van der Waals surface area (Å²) in [6.07, 6.45) is 7.01. The third-order valence-corrected chi connectivity index (χ3v) is 8.97. The molecule has 0 bridgehead atoms. The normalized spacial score (nSPS) is 16.8. The van der Waals surface area contributed by atoms with E-state index in [0.717, 1.165) is 94.5 Å². The summed E-state index contributed by atoms with van der Waals surface area (Å²) in [5.74, 6) is 0.0847. The van der Waals surface area contributed by atoms with Crippen LogP contribution in [0.15, 0.2) is 66.7 Å². The van der Waals surface area contributed by atoms with E-state index in [0.29, 0.717) is 17.9 Å². The van der Waals surface area contributed by atoms with Gasteiger partial charge in [-0.1, -0.05) is 54.6 Å². The second-order valence-corrected chi connectivity index (χ2v) is 11.7. The molecule has 0 spiro atoms. The SMILES string of the molecule is Cc1c(CN2CCC(CCCC(=O)c3ccc4c(c3)CCN(Cc3ccccc3)CC4)CC2)cccc1C(=O)O. The van der Waals surface area contributed by atoms with Crippen LogP contribution in [0.25, 0.3) is 0 Å². The minimum atomic E-state index is -0.857. The Morgan fingerprint density at radius 2 is 1.55 bits per heavy atom. The lowest BCUT2D eigenvalue weighted by Crippen LogP contribution is -2.33. The van der Waals surface area contributed by atoms with E-state index in [9.17, 15) is 14.7 Å². The second kappa shape index (κ2) is 13.4. The maximum Gasteiger partial charge on any atom is 0.335 e. The van der Waals surface area contributed by atoms with Crippen LogP contribution < -0.4 is 0 Å². The van der Waals surface area contributed by atoms with Crippen LogP contribution in [0.5, 0.6) is 0 Å². The van der Waals surface area contributed by atoms with Crippen LogP contribution in [0.1, 0.15) is 80.6 Å². The molecule has 2 aliphatic rings. The highest BCUT2D eigenvalue weighted by Gasteiger charge is 2.21. The fraction of sp³-hybridized carbons (Fsp3) is 0.429. The van der Waals surface area contributed by atoms with Gasteiger partial charge >= 0.3 is 5.97 Å². The zero-order valence-corrected chi connectivity index (χ0v) is 23.8. The predicted molar refractivity (Wildman–Crippen MR) is 160 cm³/mol. The van der Waals surface area contributed by atoms with Gasteiger partial charge in [-0.2, -0.15) is 0 Å². The van der Waals surface area contributed by atoms with Crippen molar-refractivity contribution in [1.82, 2.24) is 9.80 Å². The average Bonchev–Trinajstić information content (AvgIpc) is 3.17. The van der Waals surface area contributed by atoms with E-state index in [2.05, 4.69) is 52.3 Å². The molecule has 0 atom stereocenters. The Kier molecular flexibility index (Phi) is 9.45. The quantitative estimate of drug-likeness (QED) is 0.296. The molecule has 0 radical (unpaired) electrons. The van der Waals surface area contributed by atoms with E-state index >= 15 is 0 Å². The van der Waals surface area contributed by atoms with Gasteiger partial charge in [0.1, 0.15) is 0 Å². The highest BCUT2D eigenvalue weighted by atomic mass is 16.4. The standard InChI is InChI=1S/C35H42N2O3/c1-26-32(10-6-11-33(26)35(39)40)25-37-19-15-27(16-20-37)9-5-12-34(38)31-14-13-29-17-21-36(22-18-30(29)23-31)24-28-7-3-2-4-8-28/h2-4,6-8,10-11,13-14,23,27H,5,9,12,15-22,24-25H2,1H3,(H,39,40). The number of nitrogens with zero attached hydrogens (tertiary/aromatic N) is 2. The van der Waals surface area contributed by atoms with Crippen molar-refractivity contribution in [2.75, 3.05) is 26.2 Å². The first-order chi connectivity index (χ1) is 19.5. The maximum absolute atomic E-state index is 13.1. The number of aromatic carboxylic acids is 1. The Morgan fingerprint density at radius 1 is 0.825 bits per heavy atom. The molecule has 0 unspecified atom stereocenters. The van der Waals surface area contributed by atoms with E-state index in [-0.39, 0.29) is 5.78 Å². The van der Waals surface area contributed by atoms with Crippen molar-refractivity contribution < 1.29 is 14.7 Å². The number of hydrogen-bond acceptors (Lipinski definition) is 4. The van der Waals surface area contributed by atoms with Crippen molar-refractivity contribution in [1.29, 1.82) is 0 Å². The third kappa shape index (κ3) is 7.26. The Morgan fingerprint density at radius 3 is 2.30 bits per heavy atom. The number of benzene rings is 3. The van der Waals surface area contributed by atoms with Crippen molar-refractivity contribution in [3.8, 4) is 0 Å². The van der Waals surface area contributed by atoms with Gasteiger partial charge in [0.15, 0.2) is 5.78 Å². The molecule has 5 heteroatoms. The summed E-state index contributed by atoms with van der Waals surface area (Å²) in [5, 5.41) is 9.40. The summed E-state index contributed by atoms with van der Waals surface area (Å²) in [5.41, 5.74) is 7.35. The van der Waals surface area contributed by atoms with Crippen LogP contribution in [0.3, 0.4) is 0 Å². The van der Waals surface area contributed by atoms with Crippen LogP contribution in [-0.2, 0) is 25.9 Å². The molecule has 5 nitrogen and oxygen atoms in total. The number of carboxylic acid groups (broad SMARTS) is 1. The lowest BCUT2D eigenvalue weighted by Gasteiger charge is -2.32. The molecule has 1 saturated heterocycles. The van der Waals surface area contributed by atoms with Crippen molar-refractivity contribution >= 4 is 11.8 Å². The number of piperidine rings is 1. The van der Waals surface area contributed by atoms with Crippen LogP contribution in [0.4, 0.5) is 0 Å². The first kappa shape index (κ1) is 28.3. The molecule has 0 saturated carbocycles. The number of carbonyl (C=O) groups is 2. The number of Topliss-reactive ketones (excluding diaryl/α,β-unsaturated/α-hetero) is 1. The summed E-state index contributed by atoms with van der Waals surface area (Å²) in [6, 6.07) is 22.7. The fourth-order valence-electron chi connectivity index (χ4n) is 6.40. The fourth-order valence-corrected chi connectivity index (χ4v) is 6.40. The molecule has 210 valence electrons. The van der Waals surface area contributed by atoms with Gasteiger partial charge < -0.3 is 5.11 Å². The average molecular weight is 539 g/mol. The van der Waals surface area contributed by atoms with E-state index in [1.165, 1.54) is 16.7 Å². The van der Waals surface area contributed by atoms with E-state index in [1.54, 1.807) is 6.07 Å². The molecule has 2 aliphatic heterocycles. The van der Waals surface area contributed by atoms with E-state index in [1.807, 2.05) is 25.1 Å². The molecule has 40 heavy (non-hydrogen) atoms. The molecule has 0 aliphatic carbocycles. The van der Waals surface area contributed by atoms with Gasteiger partial charge in [-0.3, -0.25) is 14.6 Å².